The lowest BCUT2D eigenvalue weighted by molar-refractivity contribution is 0.111. The van der Waals surface area contributed by atoms with Crippen molar-refractivity contribution in [1.29, 1.82) is 0 Å². The van der Waals surface area contributed by atoms with Crippen LogP contribution in [0.15, 0.2) is 17.1 Å². The van der Waals surface area contributed by atoms with E-state index in [1.165, 1.54) is 0 Å². The molecule has 0 amide bonds. The lowest BCUT2D eigenvalue weighted by Gasteiger charge is -2.35. The molecule has 5 nitrogen and oxygen atoms in total. The van der Waals surface area contributed by atoms with Gasteiger partial charge in [0.25, 0.3) is 0 Å². The standard InChI is InChI=1S/C15H20ClN3O2/c1-20-14-6-11(16)4-10-5-13(8-21-15(10)14)19-9-18-7-12(19)2-3-17/h4,6-7,12-13H,2-3,5,8-9,17H2,1H3. The van der Waals surface area contributed by atoms with E-state index in [-0.39, 0.29) is 0 Å². The largest absolute Gasteiger partial charge is 0.493 e. The van der Waals surface area contributed by atoms with Crippen LogP contribution in [-0.2, 0) is 6.42 Å². The van der Waals surface area contributed by atoms with E-state index in [4.69, 9.17) is 26.8 Å². The van der Waals surface area contributed by atoms with Gasteiger partial charge in [-0.05, 0) is 25.5 Å². The minimum absolute atomic E-state index is 0.291. The van der Waals surface area contributed by atoms with E-state index in [1.807, 2.05) is 12.3 Å². The number of fused-ring (bicyclic) bond motifs is 1. The Hall–Kier alpha value is -1.30. The summed E-state index contributed by atoms with van der Waals surface area (Å²) in [6, 6.07) is 4.35. The zero-order valence-electron chi connectivity index (χ0n) is 12.1. The number of nitrogens with zero attached hydrogens (tertiary/aromatic N) is 2. The lowest BCUT2D eigenvalue weighted by atomic mass is 9.99. The highest BCUT2D eigenvalue weighted by Gasteiger charge is 2.32. The molecule has 2 N–H and O–H groups in total. The average molecular weight is 310 g/mol. The van der Waals surface area contributed by atoms with Gasteiger partial charge in [-0.2, -0.15) is 0 Å². The number of benzene rings is 1. The van der Waals surface area contributed by atoms with Crippen molar-refractivity contribution in [3.05, 3.63) is 22.7 Å². The average Bonchev–Trinajstić information content (AvgIpc) is 2.94. The Kier molecular flexibility index (Phi) is 4.33. The number of hydrogen-bond donors (Lipinski definition) is 1. The van der Waals surface area contributed by atoms with Crippen LogP contribution in [0.3, 0.4) is 0 Å². The predicted molar refractivity (Wildman–Crippen MR) is 83.6 cm³/mol. The maximum atomic E-state index is 6.16. The maximum absolute atomic E-state index is 6.16. The summed E-state index contributed by atoms with van der Waals surface area (Å²) in [7, 11) is 1.63. The molecule has 2 heterocycles. The minimum atomic E-state index is 0.291. The van der Waals surface area contributed by atoms with Gasteiger partial charge in [0.1, 0.15) is 6.61 Å². The van der Waals surface area contributed by atoms with Gasteiger partial charge in [-0.15, -0.1) is 0 Å². The third-order valence-electron chi connectivity index (χ3n) is 4.07. The Morgan fingerprint density at radius 3 is 3.14 bits per heavy atom. The summed E-state index contributed by atoms with van der Waals surface area (Å²) in [5, 5.41) is 0.672. The topological polar surface area (TPSA) is 60.1 Å². The first kappa shape index (κ1) is 14.6. The highest BCUT2D eigenvalue weighted by molar-refractivity contribution is 6.30. The van der Waals surface area contributed by atoms with Gasteiger partial charge in [0.2, 0.25) is 0 Å². The Bertz CT molecular complexity index is 550. The summed E-state index contributed by atoms with van der Waals surface area (Å²) in [5.74, 6) is 1.51. The van der Waals surface area contributed by atoms with Gasteiger partial charge in [-0.1, -0.05) is 11.6 Å². The van der Waals surface area contributed by atoms with Crippen LogP contribution in [0.4, 0.5) is 0 Å². The molecular weight excluding hydrogens is 290 g/mol. The van der Waals surface area contributed by atoms with Gasteiger partial charge in [-0.3, -0.25) is 9.89 Å². The van der Waals surface area contributed by atoms with Crippen LogP contribution >= 0.6 is 11.6 Å². The fraction of sp³-hybridized carbons (Fsp3) is 0.533. The second-order valence-electron chi connectivity index (χ2n) is 5.40. The second-order valence-corrected chi connectivity index (χ2v) is 5.83. The van der Waals surface area contributed by atoms with Gasteiger partial charge in [-0.25, -0.2) is 0 Å². The van der Waals surface area contributed by atoms with E-state index in [1.54, 1.807) is 13.2 Å². The molecule has 0 aromatic heterocycles. The van der Waals surface area contributed by atoms with Crippen LogP contribution < -0.4 is 15.2 Å². The van der Waals surface area contributed by atoms with Crippen LogP contribution in [0.2, 0.25) is 5.02 Å². The van der Waals surface area contributed by atoms with Crippen molar-refractivity contribution >= 4 is 17.8 Å². The van der Waals surface area contributed by atoms with E-state index in [2.05, 4.69) is 9.89 Å². The molecule has 21 heavy (non-hydrogen) atoms. The highest BCUT2D eigenvalue weighted by Crippen LogP contribution is 2.38. The summed E-state index contributed by atoms with van der Waals surface area (Å²) >= 11 is 6.16. The third kappa shape index (κ3) is 2.86. The fourth-order valence-electron chi connectivity index (χ4n) is 3.05. The first-order chi connectivity index (χ1) is 10.2. The highest BCUT2D eigenvalue weighted by atomic mass is 35.5. The molecule has 0 aliphatic carbocycles. The first-order valence-electron chi connectivity index (χ1n) is 7.18. The number of hydrogen-bond acceptors (Lipinski definition) is 5. The lowest BCUT2D eigenvalue weighted by Crippen LogP contribution is -2.47. The van der Waals surface area contributed by atoms with Crippen molar-refractivity contribution in [1.82, 2.24) is 4.90 Å². The monoisotopic (exact) mass is 309 g/mol. The Balaban J connectivity index is 1.80. The zero-order valence-corrected chi connectivity index (χ0v) is 12.8. The SMILES string of the molecule is COc1cc(Cl)cc2c1OCC(N1CN=CC1CCN)C2. The normalized spacial score (nSPS) is 24.7. The molecular formula is C15H20ClN3O2. The van der Waals surface area contributed by atoms with Crippen LogP contribution in [0, 0.1) is 0 Å². The molecule has 0 saturated heterocycles. The molecule has 6 heteroatoms. The van der Waals surface area contributed by atoms with Gasteiger partial charge in [0, 0.05) is 28.9 Å². The molecule has 1 aromatic carbocycles. The molecule has 0 radical (unpaired) electrons. The van der Waals surface area contributed by atoms with Gasteiger partial charge in [0.05, 0.1) is 19.8 Å². The maximum Gasteiger partial charge on any atom is 0.164 e. The van der Waals surface area contributed by atoms with Crippen LogP contribution in [0.25, 0.3) is 0 Å². The summed E-state index contributed by atoms with van der Waals surface area (Å²) in [6.07, 6.45) is 3.81. The Morgan fingerprint density at radius 2 is 2.38 bits per heavy atom. The van der Waals surface area contributed by atoms with Crippen molar-refractivity contribution in [3.63, 3.8) is 0 Å². The summed E-state index contributed by atoms with van der Waals surface area (Å²) < 4.78 is 11.3. The summed E-state index contributed by atoms with van der Waals surface area (Å²) in [5.41, 5.74) is 6.77. The molecule has 0 saturated carbocycles. The van der Waals surface area contributed by atoms with Crippen LogP contribution in [0.5, 0.6) is 11.5 Å². The smallest absolute Gasteiger partial charge is 0.164 e. The molecule has 2 unspecified atom stereocenters. The van der Waals surface area contributed by atoms with Crippen LogP contribution in [-0.4, -0.2) is 50.1 Å². The van der Waals surface area contributed by atoms with Crippen LogP contribution in [0.1, 0.15) is 12.0 Å². The van der Waals surface area contributed by atoms with Crippen molar-refractivity contribution in [2.24, 2.45) is 10.7 Å². The number of halogens is 1. The predicted octanol–water partition coefficient (Wildman–Crippen LogP) is 1.71. The minimum Gasteiger partial charge on any atom is -0.493 e. The molecule has 0 fully saturated rings. The van der Waals surface area contributed by atoms with E-state index < -0.39 is 0 Å². The molecule has 0 spiro atoms. The second kappa shape index (κ2) is 6.22. The van der Waals surface area contributed by atoms with E-state index in [9.17, 15) is 0 Å². The van der Waals surface area contributed by atoms with E-state index in [0.29, 0.717) is 42.7 Å². The first-order valence-corrected chi connectivity index (χ1v) is 7.55. The van der Waals surface area contributed by atoms with Gasteiger partial charge in [0.15, 0.2) is 11.5 Å². The number of nitrogens with two attached hydrogens (primary N) is 1. The van der Waals surface area contributed by atoms with Gasteiger partial charge >= 0.3 is 0 Å². The van der Waals surface area contributed by atoms with Crippen molar-refractivity contribution < 1.29 is 9.47 Å². The summed E-state index contributed by atoms with van der Waals surface area (Å²) in [6.45, 7) is 2.01. The van der Waals surface area contributed by atoms with Gasteiger partial charge < -0.3 is 15.2 Å². The van der Waals surface area contributed by atoms with Crippen molar-refractivity contribution in [3.8, 4) is 11.5 Å². The fourth-order valence-corrected chi connectivity index (χ4v) is 3.28. The third-order valence-corrected chi connectivity index (χ3v) is 4.29. The molecule has 2 atom stereocenters. The number of methoxy groups -OCH3 is 1. The Morgan fingerprint density at radius 1 is 1.52 bits per heavy atom. The molecule has 3 rings (SSSR count). The molecule has 114 valence electrons. The summed E-state index contributed by atoms with van der Waals surface area (Å²) in [4.78, 5) is 6.74. The zero-order chi connectivity index (χ0) is 14.8. The molecule has 1 aromatic rings. The van der Waals surface area contributed by atoms with E-state index in [0.717, 1.165) is 24.2 Å². The Labute approximate surface area is 129 Å². The number of aliphatic imine (C=N–C) groups is 1. The molecule has 0 bridgehead atoms. The molecule has 2 aliphatic heterocycles. The quantitative estimate of drug-likeness (QED) is 0.920. The van der Waals surface area contributed by atoms with Crippen molar-refractivity contribution in [2.75, 3.05) is 26.9 Å². The number of rotatable bonds is 4. The van der Waals surface area contributed by atoms with E-state index >= 15 is 0 Å². The van der Waals surface area contributed by atoms with Crippen molar-refractivity contribution in [2.45, 2.75) is 24.9 Å². The number of ether oxygens (including phenoxy) is 2. The molecule has 2 aliphatic rings.